The van der Waals surface area contributed by atoms with Gasteiger partial charge in [-0.3, -0.25) is 4.90 Å². The second-order valence-corrected chi connectivity index (χ2v) is 8.15. The highest BCUT2D eigenvalue weighted by Gasteiger charge is 2.39. The summed E-state index contributed by atoms with van der Waals surface area (Å²) < 4.78 is 11.4. The fourth-order valence-corrected chi connectivity index (χ4v) is 3.01. The molecule has 3 rings (SSSR count). The Bertz CT molecular complexity index is 741. The predicted octanol–water partition coefficient (Wildman–Crippen LogP) is 3.54. The van der Waals surface area contributed by atoms with Crippen molar-refractivity contribution in [2.45, 2.75) is 32.9 Å². The number of carbonyl (C=O) groups excluding carboxylic acids is 1. The molecule has 0 bridgehead atoms. The summed E-state index contributed by atoms with van der Waals surface area (Å²) in [6.45, 7) is 9.56. The third-order valence-electron chi connectivity index (χ3n) is 4.66. The van der Waals surface area contributed by atoms with Gasteiger partial charge in [0.25, 0.3) is 0 Å². The lowest BCUT2D eigenvalue weighted by Gasteiger charge is -2.39. The molecular weight excluding hydrogens is 330 g/mol. The van der Waals surface area contributed by atoms with Crippen LogP contribution < -0.4 is 0 Å². The lowest BCUT2D eigenvalue weighted by molar-refractivity contribution is -0.843. The Morgan fingerprint density at radius 3 is 2.50 bits per heavy atom. The van der Waals surface area contributed by atoms with Crippen molar-refractivity contribution in [3.8, 4) is 11.3 Å². The van der Waals surface area contributed by atoms with Crippen LogP contribution in [0, 0.1) is 0 Å². The van der Waals surface area contributed by atoms with Crippen molar-refractivity contribution in [2.75, 3.05) is 33.2 Å². The van der Waals surface area contributed by atoms with Gasteiger partial charge in [-0.05, 0) is 20.8 Å². The average molecular weight is 358 g/mol. The second kappa shape index (κ2) is 7.21. The van der Waals surface area contributed by atoms with Crippen LogP contribution in [0.5, 0.6) is 0 Å². The molecule has 1 aliphatic rings. The molecule has 1 saturated heterocycles. The van der Waals surface area contributed by atoms with E-state index in [0.717, 1.165) is 49.7 Å². The molecular formula is C20H28N3O3+. The van der Waals surface area contributed by atoms with Crippen molar-refractivity contribution in [3.05, 3.63) is 42.1 Å². The molecule has 0 radical (unpaired) electrons. The van der Waals surface area contributed by atoms with E-state index < -0.39 is 5.60 Å². The zero-order valence-corrected chi connectivity index (χ0v) is 16.1. The van der Waals surface area contributed by atoms with Gasteiger partial charge in [0.1, 0.15) is 18.7 Å². The summed E-state index contributed by atoms with van der Waals surface area (Å²) >= 11 is 0. The van der Waals surface area contributed by atoms with Crippen LogP contribution in [-0.4, -0.2) is 59.5 Å². The van der Waals surface area contributed by atoms with E-state index in [4.69, 9.17) is 9.26 Å². The number of benzene rings is 1. The molecule has 26 heavy (non-hydrogen) atoms. The first-order valence-electron chi connectivity index (χ1n) is 9.07. The zero-order valence-electron chi connectivity index (χ0n) is 16.1. The number of piperazine rings is 1. The summed E-state index contributed by atoms with van der Waals surface area (Å²) in [6.07, 6.45) is -0.148. The number of carbonyl (C=O) groups is 1. The van der Waals surface area contributed by atoms with Gasteiger partial charge in [0.15, 0.2) is 5.76 Å². The van der Waals surface area contributed by atoms with E-state index in [1.54, 1.807) is 0 Å². The van der Waals surface area contributed by atoms with Gasteiger partial charge in [-0.15, -0.1) is 0 Å². The summed E-state index contributed by atoms with van der Waals surface area (Å²) in [5.41, 5.74) is 1.49. The van der Waals surface area contributed by atoms with E-state index in [2.05, 4.69) is 10.1 Å². The van der Waals surface area contributed by atoms with Crippen molar-refractivity contribution < 1.29 is 18.5 Å². The Balaban J connectivity index is 1.56. The van der Waals surface area contributed by atoms with E-state index in [-0.39, 0.29) is 6.09 Å². The maximum Gasteiger partial charge on any atom is 0.516 e. The van der Waals surface area contributed by atoms with Gasteiger partial charge < -0.3 is 9.26 Å². The van der Waals surface area contributed by atoms with Gasteiger partial charge in [0.2, 0.25) is 0 Å². The van der Waals surface area contributed by atoms with Crippen molar-refractivity contribution in [1.29, 1.82) is 0 Å². The molecule has 0 spiro atoms. The highest BCUT2D eigenvalue weighted by Crippen LogP contribution is 2.22. The number of ether oxygens (including phenoxy) is 1. The summed E-state index contributed by atoms with van der Waals surface area (Å²) in [5, 5.41) is 4.19. The molecule has 6 nitrogen and oxygen atoms in total. The number of rotatable bonds is 3. The van der Waals surface area contributed by atoms with Crippen LogP contribution in [0.1, 0.15) is 26.5 Å². The van der Waals surface area contributed by atoms with Crippen molar-refractivity contribution in [3.63, 3.8) is 0 Å². The van der Waals surface area contributed by atoms with Crippen LogP contribution in [0.15, 0.2) is 40.9 Å². The van der Waals surface area contributed by atoms with E-state index in [1.165, 1.54) is 0 Å². The molecule has 1 fully saturated rings. The number of hydrogen-bond donors (Lipinski definition) is 0. The molecule has 1 aliphatic heterocycles. The minimum absolute atomic E-state index is 0.148. The molecule has 0 N–H and O–H groups in total. The number of nitrogens with zero attached hydrogens (tertiary/aromatic N) is 3. The molecule has 0 atom stereocenters. The Hall–Kier alpha value is -2.18. The normalized spacial score (nSPS) is 17.8. The van der Waals surface area contributed by atoms with Crippen LogP contribution in [0.2, 0.25) is 0 Å². The number of hydrogen-bond acceptors (Lipinski definition) is 5. The van der Waals surface area contributed by atoms with Gasteiger partial charge in [-0.25, -0.2) is 4.48 Å². The standard InChI is InChI=1S/C20H28N3O3/c1-20(2,3)25-19(24)23(4)12-10-22(11-13-23)15-17-14-18(26-21-17)16-8-6-5-7-9-16/h5-9,14H,10-13,15H2,1-4H3/q+1. The second-order valence-electron chi connectivity index (χ2n) is 8.15. The van der Waals surface area contributed by atoms with Crippen molar-refractivity contribution in [2.24, 2.45) is 0 Å². The van der Waals surface area contributed by atoms with Crippen LogP contribution in [-0.2, 0) is 11.3 Å². The van der Waals surface area contributed by atoms with Crippen molar-refractivity contribution >= 4 is 6.09 Å². The topological polar surface area (TPSA) is 55.6 Å². The number of likely N-dealkylation sites (N-methyl/N-ethyl adjacent to an activating group) is 1. The summed E-state index contributed by atoms with van der Waals surface area (Å²) in [4.78, 5) is 14.8. The van der Waals surface area contributed by atoms with E-state index in [9.17, 15) is 4.79 Å². The molecule has 1 amide bonds. The molecule has 1 aromatic heterocycles. The zero-order chi connectivity index (χ0) is 18.8. The Labute approximate surface area is 154 Å². The summed E-state index contributed by atoms with van der Waals surface area (Å²) in [5.74, 6) is 0.784. The van der Waals surface area contributed by atoms with Gasteiger partial charge >= 0.3 is 6.09 Å². The molecule has 2 heterocycles. The molecule has 2 aromatic rings. The van der Waals surface area contributed by atoms with Gasteiger partial charge in [-0.2, -0.15) is 4.79 Å². The minimum atomic E-state index is -0.454. The maximum absolute atomic E-state index is 12.5. The largest absolute Gasteiger partial charge is 0.516 e. The number of amides is 1. The number of quaternary nitrogens is 1. The highest BCUT2D eigenvalue weighted by molar-refractivity contribution is 5.60. The lowest BCUT2D eigenvalue weighted by Crippen LogP contribution is -2.60. The summed E-state index contributed by atoms with van der Waals surface area (Å²) in [7, 11) is 1.95. The Kier molecular flexibility index (Phi) is 5.16. The number of aromatic nitrogens is 1. The van der Waals surface area contributed by atoms with Crippen LogP contribution in [0.25, 0.3) is 11.3 Å². The van der Waals surface area contributed by atoms with E-state index >= 15 is 0 Å². The van der Waals surface area contributed by atoms with Crippen LogP contribution >= 0.6 is 0 Å². The van der Waals surface area contributed by atoms with Crippen molar-refractivity contribution in [1.82, 2.24) is 10.1 Å². The first kappa shape index (κ1) is 18.6. The molecule has 0 saturated carbocycles. The van der Waals surface area contributed by atoms with Gasteiger partial charge in [-0.1, -0.05) is 35.5 Å². The van der Waals surface area contributed by atoms with Gasteiger partial charge in [0, 0.05) is 31.3 Å². The van der Waals surface area contributed by atoms with E-state index in [1.807, 2.05) is 64.2 Å². The SMILES string of the molecule is CC(C)(C)OC(=O)[N+]1(C)CCN(Cc2cc(-c3ccccc3)on2)CC1. The third-order valence-corrected chi connectivity index (χ3v) is 4.66. The fourth-order valence-electron chi connectivity index (χ4n) is 3.01. The first-order valence-corrected chi connectivity index (χ1v) is 9.07. The highest BCUT2D eigenvalue weighted by atomic mass is 16.6. The Morgan fingerprint density at radius 1 is 1.23 bits per heavy atom. The van der Waals surface area contributed by atoms with Gasteiger partial charge in [0.05, 0.1) is 12.7 Å². The fraction of sp³-hybridized carbons (Fsp3) is 0.500. The quantitative estimate of drug-likeness (QED) is 0.786. The summed E-state index contributed by atoms with van der Waals surface area (Å²) in [6, 6.07) is 12.0. The molecule has 0 aliphatic carbocycles. The third kappa shape index (κ3) is 4.51. The molecule has 6 heteroatoms. The first-order chi connectivity index (χ1) is 12.3. The Morgan fingerprint density at radius 2 is 1.88 bits per heavy atom. The molecule has 140 valence electrons. The average Bonchev–Trinajstić information content (AvgIpc) is 3.05. The maximum atomic E-state index is 12.5. The van der Waals surface area contributed by atoms with Crippen LogP contribution in [0.3, 0.4) is 0 Å². The monoisotopic (exact) mass is 358 g/mol. The molecule has 0 unspecified atom stereocenters. The lowest BCUT2D eigenvalue weighted by atomic mass is 10.1. The minimum Gasteiger partial charge on any atom is -0.414 e. The predicted molar refractivity (Wildman–Crippen MR) is 99.4 cm³/mol. The van der Waals surface area contributed by atoms with E-state index in [0.29, 0.717) is 4.48 Å². The van der Waals surface area contributed by atoms with Crippen LogP contribution in [0.4, 0.5) is 4.79 Å². The molecule has 1 aromatic carbocycles. The smallest absolute Gasteiger partial charge is 0.414 e.